The molecule has 0 spiro atoms. The summed E-state index contributed by atoms with van der Waals surface area (Å²) in [6, 6.07) is -2.07. The Morgan fingerprint density at radius 3 is 2.00 bits per heavy atom. The first-order chi connectivity index (χ1) is 8.82. The van der Waals surface area contributed by atoms with Gasteiger partial charge >= 0.3 is 18.2 Å². The van der Waals surface area contributed by atoms with Gasteiger partial charge in [0, 0.05) is 0 Å². The topological polar surface area (TPSA) is 67.4 Å². The van der Waals surface area contributed by atoms with Crippen molar-refractivity contribution in [2.75, 3.05) is 6.54 Å². The maximum atomic E-state index is 12.0. The van der Waals surface area contributed by atoms with Gasteiger partial charge in [-0.25, -0.2) is 9.59 Å². The summed E-state index contributed by atoms with van der Waals surface area (Å²) in [4.78, 5) is 23.2. The van der Waals surface area contributed by atoms with Gasteiger partial charge in [0.1, 0.15) is 18.2 Å². The van der Waals surface area contributed by atoms with Crippen LogP contribution < -0.4 is 10.6 Å². The standard InChI is InChI=1S/C12H21F3N2O3/c1-7(2)8(9(18)20-11(3,4)5)17-10(19)16-6-12(13,14)15/h7-8H,6H2,1-5H3,(H2,16,17,19)/t8-/m1/s1. The van der Waals surface area contributed by atoms with Crippen molar-refractivity contribution in [3.8, 4) is 0 Å². The normalized spacial score (nSPS) is 13.8. The lowest BCUT2D eigenvalue weighted by Crippen LogP contribution is -2.51. The molecular weight excluding hydrogens is 277 g/mol. The highest BCUT2D eigenvalue weighted by Gasteiger charge is 2.31. The number of hydrogen-bond donors (Lipinski definition) is 2. The number of carbonyl (C=O) groups excluding carboxylic acids is 2. The molecule has 0 aliphatic carbocycles. The van der Waals surface area contributed by atoms with Crippen molar-refractivity contribution >= 4 is 12.0 Å². The molecule has 20 heavy (non-hydrogen) atoms. The van der Waals surface area contributed by atoms with E-state index in [9.17, 15) is 22.8 Å². The Balaban J connectivity index is 4.56. The van der Waals surface area contributed by atoms with Crippen LogP contribution in [0.2, 0.25) is 0 Å². The fraction of sp³-hybridized carbons (Fsp3) is 0.833. The van der Waals surface area contributed by atoms with Crippen LogP contribution in [0, 0.1) is 5.92 Å². The molecule has 0 unspecified atom stereocenters. The molecule has 0 radical (unpaired) electrons. The summed E-state index contributed by atoms with van der Waals surface area (Å²) in [5.41, 5.74) is -0.742. The van der Waals surface area contributed by atoms with Crippen LogP contribution in [0.15, 0.2) is 0 Å². The van der Waals surface area contributed by atoms with E-state index >= 15 is 0 Å². The second-order valence-electron chi connectivity index (χ2n) is 5.70. The molecule has 0 heterocycles. The third-order valence-electron chi connectivity index (χ3n) is 2.06. The number of amides is 2. The van der Waals surface area contributed by atoms with Gasteiger partial charge in [0.25, 0.3) is 0 Å². The van der Waals surface area contributed by atoms with Crippen LogP contribution in [0.3, 0.4) is 0 Å². The van der Waals surface area contributed by atoms with E-state index in [2.05, 4.69) is 5.32 Å². The van der Waals surface area contributed by atoms with E-state index in [0.29, 0.717) is 0 Å². The molecule has 0 aliphatic heterocycles. The average molecular weight is 298 g/mol. The van der Waals surface area contributed by atoms with E-state index in [1.807, 2.05) is 0 Å². The number of nitrogens with one attached hydrogen (secondary N) is 2. The number of esters is 1. The van der Waals surface area contributed by atoms with E-state index in [-0.39, 0.29) is 5.92 Å². The molecule has 0 aromatic carbocycles. The smallest absolute Gasteiger partial charge is 0.405 e. The second-order valence-corrected chi connectivity index (χ2v) is 5.70. The predicted molar refractivity (Wildman–Crippen MR) is 67.1 cm³/mol. The van der Waals surface area contributed by atoms with E-state index < -0.39 is 36.4 Å². The predicted octanol–water partition coefficient (Wildman–Crippen LogP) is 2.21. The van der Waals surface area contributed by atoms with Crippen LogP contribution in [0.25, 0.3) is 0 Å². The van der Waals surface area contributed by atoms with Crippen molar-refractivity contribution in [1.29, 1.82) is 0 Å². The van der Waals surface area contributed by atoms with Gasteiger partial charge in [-0.3, -0.25) is 0 Å². The van der Waals surface area contributed by atoms with Crippen molar-refractivity contribution in [2.24, 2.45) is 5.92 Å². The van der Waals surface area contributed by atoms with Crippen molar-refractivity contribution < 1.29 is 27.5 Å². The van der Waals surface area contributed by atoms with Crippen molar-refractivity contribution in [2.45, 2.75) is 52.4 Å². The van der Waals surface area contributed by atoms with Gasteiger partial charge in [-0.05, 0) is 26.7 Å². The number of carbonyl (C=O) groups is 2. The molecule has 0 saturated heterocycles. The lowest BCUT2D eigenvalue weighted by atomic mass is 10.0. The summed E-state index contributed by atoms with van der Waals surface area (Å²) < 4.78 is 41.0. The summed E-state index contributed by atoms with van der Waals surface area (Å²) in [7, 11) is 0. The third kappa shape index (κ3) is 8.60. The molecule has 0 fully saturated rings. The number of alkyl halides is 3. The maximum absolute atomic E-state index is 12.0. The Bertz CT molecular complexity index is 349. The Morgan fingerprint density at radius 2 is 1.65 bits per heavy atom. The molecule has 0 bridgehead atoms. The molecule has 0 aromatic heterocycles. The summed E-state index contributed by atoms with van der Waals surface area (Å²) in [5.74, 6) is -1.00. The SMILES string of the molecule is CC(C)[C@@H](NC(=O)NCC(F)(F)F)C(=O)OC(C)(C)C. The van der Waals surface area contributed by atoms with Gasteiger partial charge in [-0.1, -0.05) is 13.8 Å². The molecule has 0 aromatic rings. The van der Waals surface area contributed by atoms with Crippen LogP contribution in [-0.2, 0) is 9.53 Å². The number of rotatable bonds is 4. The van der Waals surface area contributed by atoms with E-state index in [1.54, 1.807) is 39.9 Å². The molecule has 0 saturated carbocycles. The Morgan fingerprint density at radius 1 is 1.15 bits per heavy atom. The molecule has 2 N–H and O–H groups in total. The van der Waals surface area contributed by atoms with E-state index in [1.165, 1.54) is 0 Å². The average Bonchev–Trinajstić information content (AvgIpc) is 2.18. The van der Waals surface area contributed by atoms with Crippen LogP contribution in [-0.4, -0.2) is 36.4 Å². The van der Waals surface area contributed by atoms with Gasteiger partial charge < -0.3 is 15.4 Å². The van der Waals surface area contributed by atoms with Gasteiger partial charge in [0.2, 0.25) is 0 Å². The van der Waals surface area contributed by atoms with Crippen molar-refractivity contribution in [3.63, 3.8) is 0 Å². The number of urea groups is 1. The van der Waals surface area contributed by atoms with Gasteiger partial charge in [0.05, 0.1) is 0 Å². The minimum atomic E-state index is -4.50. The zero-order valence-electron chi connectivity index (χ0n) is 12.2. The third-order valence-corrected chi connectivity index (χ3v) is 2.06. The van der Waals surface area contributed by atoms with Crippen LogP contribution in [0.5, 0.6) is 0 Å². The lowest BCUT2D eigenvalue weighted by molar-refractivity contribution is -0.158. The van der Waals surface area contributed by atoms with Crippen LogP contribution in [0.1, 0.15) is 34.6 Å². The van der Waals surface area contributed by atoms with Crippen molar-refractivity contribution in [3.05, 3.63) is 0 Å². The van der Waals surface area contributed by atoms with Crippen molar-refractivity contribution in [1.82, 2.24) is 10.6 Å². The molecule has 2 amide bonds. The molecule has 0 rings (SSSR count). The van der Waals surface area contributed by atoms with E-state index in [0.717, 1.165) is 0 Å². The highest BCUT2D eigenvalue weighted by molar-refractivity contribution is 5.84. The summed E-state index contributed by atoms with van der Waals surface area (Å²) in [5, 5.41) is 3.83. The summed E-state index contributed by atoms with van der Waals surface area (Å²) in [6.07, 6.45) is -4.50. The number of halogens is 3. The molecule has 8 heteroatoms. The molecule has 118 valence electrons. The first kappa shape index (κ1) is 18.5. The first-order valence-electron chi connectivity index (χ1n) is 6.16. The highest BCUT2D eigenvalue weighted by Crippen LogP contribution is 2.13. The first-order valence-corrected chi connectivity index (χ1v) is 6.16. The van der Waals surface area contributed by atoms with Gasteiger partial charge in [0.15, 0.2) is 0 Å². The zero-order chi connectivity index (χ0) is 16.1. The van der Waals surface area contributed by atoms with Gasteiger partial charge in [-0.15, -0.1) is 0 Å². The molecule has 0 aliphatic rings. The summed E-state index contributed by atoms with van der Waals surface area (Å²) in [6.45, 7) is 6.82. The highest BCUT2D eigenvalue weighted by atomic mass is 19.4. The number of hydrogen-bond acceptors (Lipinski definition) is 3. The Kier molecular flexibility index (Phi) is 6.31. The second kappa shape index (κ2) is 6.81. The van der Waals surface area contributed by atoms with Crippen LogP contribution >= 0.6 is 0 Å². The maximum Gasteiger partial charge on any atom is 0.405 e. The Labute approximate surface area is 116 Å². The molecular formula is C12H21F3N2O3. The summed E-state index contributed by atoms with van der Waals surface area (Å²) >= 11 is 0. The van der Waals surface area contributed by atoms with Crippen LogP contribution in [0.4, 0.5) is 18.0 Å². The minimum Gasteiger partial charge on any atom is -0.458 e. The molecule has 1 atom stereocenters. The quantitative estimate of drug-likeness (QED) is 0.782. The monoisotopic (exact) mass is 298 g/mol. The zero-order valence-corrected chi connectivity index (χ0v) is 12.2. The largest absolute Gasteiger partial charge is 0.458 e. The van der Waals surface area contributed by atoms with Gasteiger partial charge in [-0.2, -0.15) is 13.2 Å². The fourth-order valence-corrected chi connectivity index (χ4v) is 1.24. The minimum absolute atomic E-state index is 0.318. The fourth-order valence-electron chi connectivity index (χ4n) is 1.24. The Hall–Kier alpha value is -1.47. The lowest BCUT2D eigenvalue weighted by Gasteiger charge is -2.26. The van der Waals surface area contributed by atoms with E-state index in [4.69, 9.17) is 4.74 Å². The number of ether oxygens (including phenoxy) is 1. The molecule has 5 nitrogen and oxygen atoms in total.